The molecule has 0 amide bonds. The molecule has 120 valence electrons. The molecule has 0 atom stereocenters. The monoisotopic (exact) mass is 381 g/mol. The van der Waals surface area contributed by atoms with E-state index in [-0.39, 0.29) is 5.78 Å². The Kier molecular flexibility index (Phi) is 3.85. The van der Waals surface area contributed by atoms with Crippen LogP contribution in [0.3, 0.4) is 0 Å². The van der Waals surface area contributed by atoms with Gasteiger partial charge in [-0.25, -0.2) is 4.98 Å². The van der Waals surface area contributed by atoms with Crippen molar-refractivity contribution in [2.45, 2.75) is 19.8 Å². The van der Waals surface area contributed by atoms with Crippen molar-refractivity contribution in [2.24, 2.45) is 0 Å². The summed E-state index contributed by atoms with van der Waals surface area (Å²) in [4.78, 5) is 17.6. The van der Waals surface area contributed by atoms with Crippen LogP contribution in [0.1, 0.15) is 35.7 Å². The summed E-state index contributed by atoms with van der Waals surface area (Å²) in [7, 11) is 0. The number of ether oxygens (including phenoxy) is 1. The molecule has 1 aromatic heterocycles. The van der Waals surface area contributed by atoms with Gasteiger partial charge < -0.3 is 4.74 Å². The Morgan fingerprint density at radius 3 is 2.58 bits per heavy atom. The molecule has 24 heavy (non-hydrogen) atoms. The minimum absolute atomic E-state index is 0.0528. The molecule has 0 saturated heterocycles. The number of hydrogen-bond acceptors (Lipinski definition) is 3. The van der Waals surface area contributed by atoms with Gasteiger partial charge in [-0.2, -0.15) is 0 Å². The number of aromatic nitrogens is 1. The van der Waals surface area contributed by atoms with E-state index in [9.17, 15) is 4.79 Å². The zero-order valence-corrected chi connectivity index (χ0v) is 14.9. The highest BCUT2D eigenvalue weighted by Crippen LogP contribution is 2.43. The summed E-state index contributed by atoms with van der Waals surface area (Å²) >= 11 is 3.62. The maximum Gasteiger partial charge on any atom is 0.229 e. The lowest BCUT2D eigenvalue weighted by atomic mass is 9.86. The summed E-state index contributed by atoms with van der Waals surface area (Å²) in [5.41, 5.74) is 3.10. The van der Waals surface area contributed by atoms with Gasteiger partial charge in [0.1, 0.15) is 0 Å². The first-order valence-electron chi connectivity index (χ1n) is 8.11. The van der Waals surface area contributed by atoms with Crippen LogP contribution in [0.4, 0.5) is 0 Å². The van der Waals surface area contributed by atoms with Crippen molar-refractivity contribution >= 4 is 32.5 Å². The van der Waals surface area contributed by atoms with E-state index in [0.29, 0.717) is 23.6 Å². The van der Waals surface area contributed by atoms with E-state index in [1.165, 1.54) is 0 Å². The fourth-order valence-corrected chi connectivity index (χ4v) is 3.67. The fourth-order valence-electron chi connectivity index (χ4n) is 3.14. The number of benzene rings is 2. The van der Waals surface area contributed by atoms with Crippen molar-refractivity contribution in [2.75, 3.05) is 6.61 Å². The molecule has 0 fully saturated rings. The van der Waals surface area contributed by atoms with Crippen molar-refractivity contribution in [1.29, 1.82) is 0 Å². The van der Waals surface area contributed by atoms with Gasteiger partial charge in [0.25, 0.3) is 0 Å². The molecule has 2 aromatic carbocycles. The Labute approximate surface area is 148 Å². The van der Waals surface area contributed by atoms with Crippen molar-refractivity contribution in [3.63, 3.8) is 0 Å². The van der Waals surface area contributed by atoms with E-state index in [2.05, 4.69) is 22.9 Å². The van der Waals surface area contributed by atoms with E-state index >= 15 is 0 Å². The number of carbonyl (C=O) groups is 1. The van der Waals surface area contributed by atoms with E-state index in [1.54, 1.807) is 0 Å². The second-order valence-corrected chi connectivity index (χ2v) is 6.68. The van der Waals surface area contributed by atoms with Gasteiger partial charge in [0, 0.05) is 27.5 Å². The van der Waals surface area contributed by atoms with E-state index in [1.807, 2.05) is 42.5 Å². The summed E-state index contributed by atoms with van der Waals surface area (Å²) in [6, 6.07) is 13.4. The highest BCUT2D eigenvalue weighted by molar-refractivity contribution is 9.10. The van der Waals surface area contributed by atoms with Gasteiger partial charge in [-0.15, -0.1) is 0 Å². The zero-order valence-electron chi connectivity index (χ0n) is 13.3. The van der Waals surface area contributed by atoms with Gasteiger partial charge >= 0.3 is 0 Å². The molecular formula is C20H16BrNO2. The van der Waals surface area contributed by atoms with Gasteiger partial charge in [0.05, 0.1) is 16.8 Å². The highest BCUT2D eigenvalue weighted by Gasteiger charge is 2.28. The molecular weight excluding hydrogens is 366 g/mol. The van der Waals surface area contributed by atoms with Crippen LogP contribution < -0.4 is 4.74 Å². The molecule has 3 nitrogen and oxygen atoms in total. The maximum absolute atomic E-state index is 12.8. The third kappa shape index (κ3) is 2.25. The quantitative estimate of drug-likeness (QED) is 0.445. The minimum atomic E-state index is 0.0528. The van der Waals surface area contributed by atoms with E-state index < -0.39 is 0 Å². The second kappa shape index (κ2) is 6.02. The molecule has 4 rings (SSSR count). The zero-order chi connectivity index (χ0) is 16.7. The number of halogens is 1. The molecule has 1 aliphatic rings. The Morgan fingerprint density at radius 1 is 1.04 bits per heavy atom. The average Bonchev–Trinajstić information content (AvgIpc) is 2.62. The Hall–Kier alpha value is -2.20. The van der Waals surface area contributed by atoms with Gasteiger partial charge in [-0.05, 0) is 22.4 Å². The smallest absolute Gasteiger partial charge is 0.229 e. The minimum Gasteiger partial charge on any atom is -0.477 e. The van der Waals surface area contributed by atoms with Crippen molar-refractivity contribution in [3.05, 3.63) is 58.1 Å². The molecule has 4 heteroatoms. The van der Waals surface area contributed by atoms with Crippen LogP contribution in [0.25, 0.3) is 22.0 Å². The van der Waals surface area contributed by atoms with Gasteiger partial charge in [-0.1, -0.05) is 55.8 Å². The predicted octanol–water partition coefficient (Wildman–Crippen LogP) is 5.39. The van der Waals surface area contributed by atoms with Crippen LogP contribution in [0.2, 0.25) is 0 Å². The molecule has 0 bridgehead atoms. The van der Waals surface area contributed by atoms with Crippen LogP contribution in [0.5, 0.6) is 5.88 Å². The topological polar surface area (TPSA) is 39.2 Å². The lowest BCUT2D eigenvalue weighted by molar-refractivity contribution is 0.104. The number of unbranched alkanes of at least 4 members (excludes halogenated alkanes) is 1. The third-order valence-corrected chi connectivity index (χ3v) is 5.11. The molecule has 1 aliphatic carbocycles. The molecule has 0 N–H and O–H groups in total. The first kappa shape index (κ1) is 15.3. The third-order valence-electron chi connectivity index (χ3n) is 4.35. The summed E-state index contributed by atoms with van der Waals surface area (Å²) in [6.45, 7) is 2.76. The van der Waals surface area contributed by atoms with Crippen LogP contribution in [-0.2, 0) is 0 Å². The van der Waals surface area contributed by atoms with E-state index in [4.69, 9.17) is 9.72 Å². The molecule has 0 spiro atoms. The Bertz CT molecular complexity index is 965. The normalized spacial score (nSPS) is 12.3. The van der Waals surface area contributed by atoms with Crippen molar-refractivity contribution in [3.8, 4) is 17.1 Å². The van der Waals surface area contributed by atoms with Crippen LogP contribution in [0, 0.1) is 0 Å². The van der Waals surface area contributed by atoms with E-state index in [0.717, 1.165) is 39.3 Å². The van der Waals surface area contributed by atoms with Gasteiger partial charge in [0.2, 0.25) is 5.88 Å². The molecule has 1 heterocycles. The second-order valence-electron chi connectivity index (χ2n) is 5.88. The molecule has 0 unspecified atom stereocenters. The molecule has 0 saturated carbocycles. The highest BCUT2D eigenvalue weighted by atomic mass is 79.9. The number of hydrogen-bond donors (Lipinski definition) is 0. The van der Waals surface area contributed by atoms with Crippen LogP contribution in [-0.4, -0.2) is 17.4 Å². The molecule has 3 aromatic rings. The first-order valence-corrected chi connectivity index (χ1v) is 8.90. The molecule has 0 aliphatic heterocycles. The van der Waals surface area contributed by atoms with Crippen LogP contribution in [0.15, 0.2) is 46.9 Å². The predicted molar refractivity (Wildman–Crippen MR) is 98.7 cm³/mol. The number of pyridine rings is 1. The number of ketones is 1. The largest absolute Gasteiger partial charge is 0.477 e. The van der Waals surface area contributed by atoms with Crippen molar-refractivity contribution in [1.82, 2.24) is 4.98 Å². The summed E-state index contributed by atoms with van der Waals surface area (Å²) in [6.07, 6.45) is 2.05. The van der Waals surface area contributed by atoms with Crippen LogP contribution >= 0.6 is 15.9 Å². The summed E-state index contributed by atoms with van der Waals surface area (Å²) < 4.78 is 6.70. The maximum atomic E-state index is 12.8. The lowest BCUT2D eigenvalue weighted by Crippen LogP contribution is -2.12. The number of rotatable bonds is 4. The summed E-state index contributed by atoms with van der Waals surface area (Å²) in [5, 5.41) is 1.86. The fraction of sp³-hybridized carbons (Fsp3) is 0.200. The standard InChI is InChI=1S/C20H16BrNO2/c1-2-3-11-24-20-17(21)14-9-6-10-15-16(14)18(22-20)12-7-4-5-8-13(12)19(15)23/h4-10H,2-3,11H2,1H3. The molecule has 0 radical (unpaired) electrons. The Morgan fingerprint density at radius 2 is 1.79 bits per heavy atom. The Balaban J connectivity index is 2.01. The summed E-state index contributed by atoms with van der Waals surface area (Å²) in [5.74, 6) is 0.643. The lowest BCUT2D eigenvalue weighted by Gasteiger charge is -2.21. The number of fused-ring (bicyclic) bond motifs is 2. The number of carbonyl (C=O) groups excluding carboxylic acids is 1. The van der Waals surface area contributed by atoms with Gasteiger partial charge in [0.15, 0.2) is 5.78 Å². The average molecular weight is 382 g/mol. The van der Waals surface area contributed by atoms with Gasteiger partial charge in [-0.3, -0.25) is 4.79 Å². The van der Waals surface area contributed by atoms with Crippen molar-refractivity contribution < 1.29 is 9.53 Å². The first-order chi connectivity index (χ1) is 11.7. The SMILES string of the molecule is CCCCOc1nc2c3c(cccc3c1Br)C(=O)c1ccccc1-2. The number of nitrogens with zero attached hydrogens (tertiary/aromatic N) is 1.